The van der Waals surface area contributed by atoms with E-state index in [1.807, 2.05) is 49.9 Å². The van der Waals surface area contributed by atoms with Gasteiger partial charge in [-0.25, -0.2) is 19.6 Å². The maximum absolute atomic E-state index is 14.2. The van der Waals surface area contributed by atoms with Crippen LogP contribution in [0.5, 0.6) is 0 Å². The second-order valence-corrected chi connectivity index (χ2v) is 23.3. The minimum absolute atomic E-state index is 0.0679. The normalized spacial score (nSPS) is 30.5. The molecule has 8 aliphatic rings. The number of amides is 4. The van der Waals surface area contributed by atoms with Crippen LogP contribution in [0.2, 0.25) is 0 Å². The Morgan fingerprint density at radius 2 is 1.15 bits per heavy atom. The summed E-state index contributed by atoms with van der Waals surface area (Å²) in [4.78, 5) is 73.8. The van der Waals surface area contributed by atoms with Gasteiger partial charge in [-0.15, -0.1) is 0 Å². The number of rotatable bonds is 12. The summed E-state index contributed by atoms with van der Waals surface area (Å²) in [6.07, 6.45) is 19.2. The number of H-pyrrole nitrogens is 2. The summed E-state index contributed by atoms with van der Waals surface area (Å²) in [6, 6.07) is 12.1. The van der Waals surface area contributed by atoms with Crippen LogP contribution in [-0.4, -0.2) is 92.1 Å². The Labute approximate surface area is 428 Å². The minimum atomic E-state index is -0.678. The molecule has 73 heavy (non-hydrogen) atoms. The molecule has 12 rings (SSSR count). The van der Waals surface area contributed by atoms with E-state index in [1.165, 1.54) is 78.9 Å². The van der Waals surface area contributed by atoms with Gasteiger partial charge in [0.25, 0.3) is 0 Å². The number of allylic oxidation sites excluding steroid dienone is 5. The molecule has 2 saturated heterocycles. The first kappa shape index (κ1) is 47.6. The largest absolute Gasteiger partial charge is 0.453 e. The van der Waals surface area contributed by atoms with Gasteiger partial charge in [0.05, 0.1) is 50.1 Å². The molecule has 4 saturated carbocycles. The number of carbonyl (C=O) groups excluding carboxylic acids is 4. The van der Waals surface area contributed by atoms with Gasteiger partial charge in [0, 0.05) is 17.6 Å². The van der Waals surface area contributed by atoms with E-state index in [0.29, 0.717) is 35.5 Å². The molecule has 4 bridgehead atoms. The maximum Gasteiger partial charge on any atom is 0.407 e. The van der Waals surface area contributed by atoms with Gasteiger partial charge in [0.1, 0.15) is 23.7 Å². The third-order valence-corrected chi connectivity index (χ3v) is 18.3. The number of likely N-dealkylation sites (tertiary alicyclic amines) is 2. The average molecular weight is 987 g/mol. The van der Waals surface area contributed by atoms with Gasteiger partial charge in [0.15, 0.2) is 0 Å². The topological polar surface area (TPSA) is 175 Å². The molecule has 2 aromatic heterocycles. The fourth-order valence-corrected chi connectivity index (χ4v) is 14.4. The van der Waals surface area contributed by atoms with Gasteiger partial charge in [-0.05, 0) is 163 Å². The minimum Gasteiger partial charge on any atom is -0.453 e. The highest BCUT2D eigenvalue weighted by atomic mass is 16.5. The number of benzene rings is 2. The lowest BCUT2D eigenvalue weighted by molar-refractivity contribution is -0.137. The van der Waals surface area contributed by atoms with Gasteiger partial charge in [-0.3, -0.25) is 9.59 Å². The van der Waals surface area contributed by atoms with Crippen molar-refractivity contribution in [2.45, 2.75) is 146 Å². The Morgan fingerprint density at radius 1 is 0.630 bits per heavy atom. The predicted molar refractivity (Wildman–Crippen MR) is 278 cm³/mol. The number of hydrogen-bond acceptors (Lipinski definition) is 8. The summed E-state index contributed by atoms with van der Waals surface area (Å²) in [7, 11) is 2.65. The van der Waals surface area contributed by atoms with Crippen LogP contribution >= 0.6 is 0 Å². The Bertz CT molecular complexity index is 2950. The zero-order valence-electron chi connectivity index (χ0n) is 43.1. The van der Waals surface area contributed by atoms with E-state index in [2.05, 4.69) is 69.2 Å². The van der Waals surface area contributed by atoms with Gasteiger partial charge in [-0.1, -0.05) is 82.8 Å². The van der Waals surface area contributed by atoms with Crippen molar-refractivity contribution in [3.05, 3.63) is 107 Å². The molecule has 0 radical (unpaired) electrons. The Balaban J connectivity index is 0.814. The first-order valence-corrected chi connectivity index (χ1v) is 27.1. The molecule has 4 heterocycles. The van der Waals surface area contributed by atoms with Crippen LogP contribution in [0.3, 0.4) is 0 Å². The number of imidazole rings is 2. The fraction of sp³-hybridized carbons (Fsp3) is 0.525. The SMILES string of the molecule is C=C1/C(c2ccc(-c3cnc([C@@H]4CC5CC5N4C(=O)[C@@H](NC(=O)OC)C(C)C)[nH]3)cc2)=C\C=C(\c2ccc(-c3cnc([C@@H]4CC5CC5N4C(=O)[C@@H](NC(=O)OC)C(C)C)[nH]3)c3c2C2CCC3C2)CC2CCC1C2. The zero-order chi connectivity index (χ0) is 50.6. The molecule has 6 fully saturated rings. The molecule has 2 aromatic carbocycles. The van der Waals surface area contributed by atoms with Crippen molar-refractivity contribution in [2.24, 2.45) is 35.5 Å². The Hall–Kier alpha value is -6.44. The van der Waals surface area contributed by atoms with Gasteiger partial charge >= 0.3 is 12.2 Å². The number of aromatic nitrogens is 4. The van der Waals surface area contributed by atoms with Crippen molar-refractivity contribution in [2.75, 3.05) is 14.2 Å². The summed E-state index contributed by atoms with van der Waals surface area (Å²) >= 11 is 0. The number of nitrogens with zero attached hydrogens (tertiary/aromatic N) is 4. The smallest absolute Gasteiger partial charge is 0.407 e. The highest BCUT2D eigenvalue weighted by molar-refractivity contribution is 5.89. The van der Waals surface area contributed by atoms with Crippen LogP contribution < -0.4 is 10.6 Å². The number of alkyl carbamates (subject to hydrolysis) is 2. The fourth-order valence-electron chi connectivity index (χ4n) is 14.4. The van der Waals surface area contributed by atoms with Gasteiger partial charge in [0.2, 0.25) is 11.8 Å². The van der Waals surface area contributed by atoms with E-state index in [-0.39, 0.29) is 47.8 Å². The molecule has 382 valence electrons. The predicted octanol–water partition coefficient (Wildman–Crippen LogP) is 10.8. The summed E-state index contributed by atoms with van der Waals surface area (Å²) in [5.41, 5.74) is 13.5. The van der Waals surface area contributed by atoms with E-state index in [1.54, 1.807) is 0 Å². The van der Waals surface area contributed by atoms with Crippen LogP contribution in [0, 0.1) is 35.5 Å². The number of fused-ring (bicyclic) bond motifs is 9. The number of methoxy groups -OCH3 is 2. The number of aromatic amines is 2. The van der Waals surface area contributed by atoms with Gasteiger partial charge in [-0.2, -0.15) is 0 Å². The molecule has 14 nitrogen and oxygen atoms in total. The van der Waals surface area contributed by atoms with Crippen molar-refractivity contribution in [3.8, 4) is 22.5 Å². The molecule has 8 unspecified atom stereocenters. The Morgan fingerprint density at radius 3 is 1.73 bits per heavy atom. The van der Waals surface area contributed by atoms with Crippen LogP contribution in [0.4, 0.5) is 9.59 Å². The van der Waals surface area contributed by atoms with Crippen LogP contribution in [0.25, 0.3) is 33.7 Å². The zero-order valence-corrected chi connectivity index (χ0v) is 43.1. The highest BCUT2D eigenvalue weighted by Crippen LogP contribution is 2.59. The quantitative estimate of drug-likeness (QED) is 0.108. The number of nitrogens with one attached hydrogen (secondary N) is 4. The van der Waals surface area contributed by atoms with E-state index >= 15 is 0 Å². The van der Waals surface area contributed by atoms with Crippen molar-refractivity contribution in [1.29, 1.82) is 0 Å². The second kappa shape index (κ2) is 18.5. The van der Waals surface area contributed by atoms with Crippen molar-refractivity contribution < 1.29 is 28.7 Å². The first-order valence-electron chi connectivity index (χ1n) is 27.1. The second-order valence-electron chi connectivity index (χ2n) is 23.3. The van der Waals surface area contributed by atoms with Gasteiger partial charge < -0.3 is 39.9 Å². The van der Waals surface area contributed by atoms with E-state index in [0.717, 1.165) is 79.1 Å². The van der Waals surface area contributed by atoms with Crippen molar-refractivity contribution in [3.63, 3.8) is 0 Å². The van der Waals surface area contributed by atoms with Crippen LogP contribution in [0.15, 0.2) is 73.1 Å². The molecule has 4 amide bonds. The monoisotopic (exact) mass is 987 g/mol. The van der Waals surface area contributed by atoms with Crippen molar-refractivity contribution >= 4 is 35.1 Å². The maximum atomic E-state index is 14.2. The lowest BCUT2D eigenvalue weighted by atomic mass is 9.80. The lowest BCUT2D eigenvalue weighted by Crippen LogP contribution is -2.52. The third-order valence-electron chi connectivity index (χ3n) is 18.3. The first-order chi connectivity index (χ1) is 35.3. The van der Waals surface area contributed by atoms with Crippen LogP contribution in [-0.2, 0) is 19.1 Å². The van der Waals surface area contributed by atoms with Crippen LogP contribution in [0.1, 0.15) is 156 Å². The van der Waals surface area contributed by atoms with E-state index < -0.39 is 24.3 Å². The molecule has 4 N–H and O–H groups in total. The Kier molecular flexibility index (Phi) is 12.0. The molecular formula is C59H70N8O6. The summed E-state index contributed by atoms with van der Waals surface area (Å²) in [6.45, 7) is 12.6. The highest BCUT2D eigenvalue weighted by Gasteiger charge is 2.57. The third kappa shape index (κ3) is 8.40. The molecule has 4 aromatic rings. The standard InChI is InChI=1S/C59H70N8O6/c1-29(2)52(64-58(70)72-6)56(68)66-46-23-39(46)25-48(66)54-60-27-44(62-54)34-12-10-33(11-13-34)41-17-16-36(21-32-8-9-35(20-32)31(41)5)42-18-19-43(51-38-15-14-37(22-38)50(42)51)45-28-61-55(63-45)49-26-40-24-47(40)67(49)57(69)53(30(3)4)65-59(71)73-7/h10-13,16-19,27-30,32,35,37-40,46-49,52-53H,5,8-9,14-15,20-26H2,1-4,6-7H3,(H,60,62)(H,61,63)(H,64,70)(H,65,71)/b36-16+,41-17+/t32?,35?,37?,38?,39?,40?,46?,47?,48-,49-,52-,53-/m0/s1. The molecule has 6 aliphatic carbocycles. The molecular weight excluding hydrogens is 917 g/mol. The molecule has 12 atom stereocenters. The van der Waals surface area contributed by atoms with E-state index in [4.69, 9.17) is 26.0 Å². The number of piperidine rings is 2. The summed E-state index contributed by atoms with van der Waals surface area (Å²) < 4.78 is 9.75. The molecule has 14 heteroatoms. The average Bonchev–Trinajstić information content (AvgIpc) is 3.95. The summed E-state index contributed by atoms with van der Waals surface area (Å²) in [5, 5.41) is 5.58. The van der Waals surface area contributed by atoms with Crippen molar-refractivity contribution in [1.82, 2.24) is 40.4 Å². The van der Waals surface area contributed by atoms with E-state index in [9.17, 15) is 19.2 Å². The lowest BCUT2D eigenvalue weighted by Gasteiger charge is -2.32. The molecule has 2 aliphatic heterocycles. The number of carbonyl (C=O) groups is 4. The number of ether oxygens (including phenoxy) is 2. The molecule has 0 spiro atoms. The number of hydrogen-bond donors (Lipinski definition) is 4. The summed E-state index contributed by atoms with van der Waals surface area (Å²) in [5.74, 6) is 4.23.